The molecule has 1 N–H and O–H groups in total. The molecule has 5 rings (SSSR count). The summed E-state index contributed by atoms with van der Waals surface area (Å²) in [6.07, 6.45) is 0.453. The molecule has 0 spiro atoms. The molecular formula is C27H30F2O5S2. The van der Waals surface area contributed by atoms with E-state index in [1.807, 2.05) is 6.92 Å². The highest BCUT2D eigenvalue weighted by Gasteiger charge is 2.78. The van der Waals surface area contributed by atoms with E-state index in [1.165, 1.54) is 30.4 Å². The van der Waals surface area contributed by atoms with Gasteiger partial charge in [-0.15, -0.1) is 24.0 Å². The number of carbonyl (C=O) groups is 3. The molecule has 0 radical (unpaired) electrons. The van der Waals surface area contributed by atoms with Gasteiger partial charge in [0.1, 0.15) is 11.0 Å². The summed E-state index contributed by atoms with van der Waals surface area (Å²) >= 11 is 5.41. The van der Waals surface area contributed by atoms with Gasteiger partial charge in [0.15, 0.2) is 17.1 Å². The van der Waals surface area contributed by atoms with Crippen molar-refractivity contribution in [1.29, 1.82) is 0 Å². The maximum Gasteiger partial charge on any atom is 0.349 e. The Morgan fingerprint density at radius 3 is 2.53 bits per heavy atom. The van der Waals surface area contributed by atoms with Gasteiger partial charge in [0.05, 0.1) is 6.10 Å². The number of ketones is 1. The predicted molar refractivity (Wildman–Crippen MR) is 134 cm³/mol. The molecule has 194 valence electrons. The Morgan fingerprint density at radius 1 is 1.22 bits per heavy atom. The van der Waals surface area contributed by atoms with Gasteiger partial charge in [0.25, 0.3) is 0 Å². The third-order valence-electron chi connectivity index (χ3n) is 9.68. The Kier molecular flexibility index (Phi) is 5.79. The first-order chi connectivity index (χ1) is 16.7. The number of thiophene rings is 1. The minimum atomic E-state index is -2.27. The van der Waals surface area contributed by atoms with Crippen molar-refractivity contribution in [3.05, 3.63) is 45.7 Å². The lowest BCUT2D eigenvalue weighted by molar-refractivity contribution is -0.221. The Hall–Kier alpha value is -1.84. The van der Waals surface area contributed by atoms with Gasteiger partial charge in [-0.3, -0.25) is 9.59 Å². The molecular weight excluding hydrogens is 506 g/mol. The smallest absolute Gasteiger partial charge is 0.349 e. The van der Waals surface area contributed by atoms with E-state index < -0.39 is 69.0 Å². The standard InChI is InChI=1S/C27H30F2O5S2/c1-13-9-16-17-11-19(28)18-10-15(30)7-8-24(18,3)26(17,29)21(31)12-25(16,4)27(13,23(33)35)34-22(32)20-6-5-14(2)36-20/h5-8,10,13,16-17,19,21,31H,9,11-12H2,1-4H3,(H,33,35)/t13-,16+,17+,19+,21+,24+,25+,26+,27-/m1/s1. The SMILES string of the molecule is Cc1ccc(C(=O)O[C@@]2(C(=O)S)[C@H](C)C[C@H]3[C@@H]4C[C@H](F)C5=CC(=O)C=C[C@]5(C)[C@@]4(F)[C@@H](O)C[C@@]32C)s1. The fourth-order valence-electron chi connectivity index (χ4n) is 7.98. The second-order valence-corrected chi connectivity index (χ2v) is 13.0. The average molecular weight is 537 g/mol. The minimum absolute atomic E-state index is 0.0403. The highest BCUT2D eigenvalue weighted by molar-refractivity contribution is 7.96. The number of aliphatic hydroxyl groups excluding tert-OH is 1. The zero-order valence-electron chi connectivity index (χ0n) is 20.6. The number of ether oxygens (including phenoxy) is 1. The molecule has 0 saturated heterocycles. The summed E-state index contributed by atoms with van der Waals surface area (Å²) in [7, 11) is 0. The van der Waals surface area contributed by atoms with E-state index >= 15 is 8.78 Å². The van der Waals surface area contributed by atoms with E-state index in [-0.39, 0.29) is 18.4 Å². The largest absolute Gasteiger partial charge is 0.445 e. The van der Waals surface area contributed by atoms with Crippen LogP contribution in [0.4, 0.5) is 8.78 Å². The fraction of sp³-hybridized carbons (Fsp3) is 0.593. The zero-order valence-corrected chi connectivity index (χ0v) is 22.3. The monoisotopic (exact) mass is 536 g/mol. The van der Waals surface area contributed by atoms with E-state index in [1.54, 1.807) is 26.0 Å². The number of hydrogen-bond donors (Lipinski definition) is 2. The Balaban J connectivity index is 1.61. The van der Waals surface area contributed by atoms with Crippen LogP contribution < -0.4 is 0 Å². The molecule has 4 aliphatic carbocycles. The van der Waals surface area contributed by atoms with Crippen molar-refractivity contribution < 1.29 is 33.0 Å². The van der Waals surface area contributed by atoms with E-state index in [0.29, 0.717) is 11.3 Å². The Labute approximate surface area is 218 Å². The summed E-state index contributed by atoms with van der Waals surface area (Å²) in [5.41, 5.74) is -6.65. The number of carbonyl (C=O) groups excluding carboxylic acids is 3. The molecule has 1 aromatic rings. The second-order valence-electron chi connectivity index (χ2n) is 11.3. The highest BCUT2D eigenvalue weighted by atomic mass is 32.1. The number of halogens is 2. The van der Waals surface area contributed by atoms with Gasteiger partial charge in [-0.2, -0.15) is 0 Å². The molecule has 0 unspecified atom stereocenters. The van der Waals surface area contributed by atoms with Crippen LogP contribution in [0.2, 0.25) is 0 Å². The predicted octanol–water partition coefficient (Wildman–Crippen LogP) is 4.97. The number of rotatable bonds is 3. The Morgan fingerprint density at radius 2 is 1.92 bits per heavy atom. The van der Waals surface area contributed by atoms with Crippen LogP contribution in [0.5, 0.6) is 0 Å². The summed E-state index contributed by atoms with van der Waals surface area (Å²) in [4.78, 5) is 39.7. The summed E-state index contributed by atoms with van der Waals surface area (Å²) in [6.45, 7) is 6.87. The number of aliphatic hydroxyl groups is 1. The number of allylic oxidation sites excluding steroid dienone is 4. The highest BCUT2D eigenvalue weighted by Crippen LogP contribution is 2.71. The van der Waals surface area contributed by atoms with E-state index in [4.69, 9.17) is 4.74 Å². The van der Waals surface area contributed by atoms with Crippen molar-refractivity contribution in [3.63, 3.8) is 0 Å². The van der Waals surface area contributed by atoms with Crippen molar-refractivity contribution in [1.82, 2.24) is 0 Å². The molecule has 0 aromatic carbocycles. The second kappa shape index (κ2) is 8.08. The molecule has 5 nitrogen and oxygen atoms in total. The average Bonchev–Trinajstić information content (AvgIpc) is 3.32. The first-order valence-electron chi connectivity index (χ1n) is 12.2. The maximum atomic E-state index is 17.3. The van der Waals surface area contributed by atoms with Crippen LogP contribution in [-0.4, -0.2) is 45.5 Å². The van der Waals surface area contributed by atoms with Crippen LogP contribution in [0.15, 0.2) is 35.9 Å². The zero-order chi connectivity index (χ0) is 26.4. The lowest BCUT2D eigenvalue weighted by Crippen LogP contribution is -2.70. The molecule has 1 aromatic heterocycles. The van der Waals surface area contributed by atoms with Crippen molar-refractivity contribution in [2.24, 2.45) is 28.6 Å². The van der Waals surface area contributed by atoms with E-state index in [2.05, 4.69) is 12.6 Å². The maximum absolute atomic E-state index is 17.3. The topological polar surface area (TPSA) is 80.7 Å². The third kappa shape index (κ3) is 3.05. The molecule has 0 amide bonds. The fourth-order valence-corrected chi connectivity index (χ4v) is 9.25. The van der Waals surface area contributed by atoms with Crippen LogP contribution in [0, 0.1) is 35.5 Å². The van der Waals surface area contributed by atoms with Crippen molar-refractivity contribution in [3.8, 4) is 0 Å². The molecule has 9 heteroatoms. The lowest BCUT2D eigenvalue weighted by Gasteiger charge is -2.63. The quantitative estimate of drug-likeness (QED) is 0.421. The number of fused-ring (bicyclic) bond motifs is 5. The summed E-state index contributed by atoms with van der Waals surface area (Å²) in [6, 6.07) is 3.40. The first kappa shape index (κ1) is 25.8. The number of esters is 1. The summed E-state index contributed by atoms with van der Waals surface area (Å²) < 4.78 is 38.9. The van der Waals surface area contributed by atoms with Crippen LogP contribution >= 0.6 is 24.0 Å². The molecule has 0 aliphatic heterocycles. The summed E-state index contributed by atoms with van der Waals surface area (Å²) in [5.74, 6) is -3.16. The van der Waals surface area contributed by atoms with E-state index in [0.717, 1.165) is 11.0 Å². The third-order valence-corrected chi connectivity index (χ3v) is 11.0. The molecule has 3 fully saturated rings. The van der Waals surface area contributed by atoms with Crippen LogP contribution in [0.1, 0.15) is 54.6 Å². The number of alkyl halides is 2. The molecule has 36 heavy (non-hydrogen) atoms. The van der Waals surface area contributed by atoms with E-state index in [9.17, 15) is 19.5 Å². The molecule has 9 atom stereocenters. The van der Waals surface area contributed by atoms with Crippen molar-refractivity contribution in [2.75, 3.05) is 0 Å². The molecule has 0 bridgehead atoms. The lowest BCUT2D eigenvalue weighted by atomic mass is 9.44. The number of hydrogen-bond acceptors (Lipinski definition) is 6. The van der Waals surface area contributed by atoms with Gasteiger partial charge < -0.3 is 9.84 Å². The normalized spacial score (nSPS) is 45.4. The van der Waals surface area contributed by atoms with Gasteiger partial charge >= 0.3 is 5.97 Å². The van der Waals surface area contributed by atoms with Gasteiger partial charge in [-0.25, -0.2) is 13.6 Å². The molecule has 3 saturated carbocycles. The number of thiol groups is 1. The van der Waals surface area contributed by atoms with Crippen LogP contribution in [-0.2, 0) is 14.3 Å². The van der Waals surface area contributed by atoms with Crippen LogP contribution in [0.25, 0.3) is 0 Å². The number of aryl methyl sites for hydroxylation is 1. The van der Waals surface area contributed by atoms with Gasteiger partial charge in [-0.1, -0.05) is 19.9 Å². The van der Waals surface area contributed by atoms with Gasteiger partial charge in [0.2, 0.25) is 5.12 Å². The molecule has 1 heterocycles. The molecule has 4 aliphatic rings. The van der Waals surface area contributed by atoms with Crippen molar-refractivity contribution >= 4 is 40.8 Å². The first-order valence-corrected chi connectivity index (χ1v) is 13.5. The van der Waals surface area contributed by atoms with Gasteiger partial charge in [0, 0.05) is 27.5 Å². The van der Waals surface area contributed by atoms with Crippen LogP contribution in [0.3, 0.4) is 0 Å². The minimum Gasteiger partial charge on any atom is -0.445 e. The van der Waals surface area contributed by atoms with Crippen molar-refractivity contribution in [2.45, 2.75) is 70.5 Å². The summed E-state index contributed by atoms with van der Waals surface area (Å²) in [5, 5.41) is 10.8. The Bertz CT molecular complexity index is 1220. The van der Waals surface area contributed by atoms with Gasteiger partial charge in [-0.05, 0) is 68.9 Å².